The number of rotatable bonds is 8. The quantitative estimate of drug-likeness (QED) is 0.316. The molecule has 0 aliphatic carbocycles. The molecule has 4 aromatic rings. The van der Waals surface area contributed by atoms with Crippen LogP contribution < -0.4 is 21.3 Å². The highest BCUT2D eigenvalue weighted by Gasteiger charge is 2.18. The summed E-state index contributed by atoms with van der Waals surface area (Å²) in [5.41, 5.74) is -0.388. The number of nitrogens with one attached hydrogen (secondary N) is 3. The van der Waals surface area contributed by atoms with E-state index >= 15 is 0 Å². The first-order valence-corrected chi connectivity index (χ1v) is 11.1. The number of anilines is 1. The highest BCUT2D eigenvalue weighted by molar-refractivity contribution is 7.99. The number of hydrogen-bond donors (Lipinski definition) is 3. The standard InChI is InChI=1S/C22H18F2N6O4S/c1-34-15-5-3-14(4-6-15)30-18(9-13-10-19(31)27-21(33)25-13)28-29-22(30)35-11-20(32)26-17-7-2-12(23)8-16(17)24/h2-8,10H,9,11H2,1H3,(H,26,32)(H2,25,27,31,33). The van der Waals surface area contributed by atoms with Gasteiger partial charge < -0.3 is 15.0 Å². The summed E-state index contributed by atoms with van der Waals surface area (Å²) in [6.45, 7) is 0. The molecule has 0 radical (unpaired) electrons. The number of ether oxygens (including phenoxy) is 1. The van der Waals surface area contributed by atoms with E-state index in [1.54, 1.807) is 28.8 Å². The zero-order valence-electron chi connectivity index (χ0n) is 18.2. The zero-order chi connectivity index (χ0) is 24.9. The number of H-pyrrole nitrogens is 2. The second-order valence-corrected chi connectivity index (χ2v) is 8.13. The highest BCUT2D eigenvalue weighted by atomic mass is 32.2. The predicted molar refractivity (Wildman–Crippen MR) is 124 cm³/mol. The van der Waals surface area contributed by atoms with Crippen LogP contribution in [0.25, 0.3) is 5.69 Å². The van der Waals surface area contributed by atoms with E-state index in [1.807, 2.05) is 0 Å². The third kappa shape index (κ3) is 5.81. The summed E-state index contributed by atoms with van der Waals surface area (Å²) in [6, 6.07) is 11.1. The van der Waals surface area contributed by atoms with Gasteiger partial charge in [-0.1, -0.05) is 11.8 Å². The monoisotopic (exact) mass is 500 g/mol. The van der Waals surface area contributed by atoms with E-state index in [2.05, 4.69) is 25.5 Å². The lowest BCUT2D eigenvalue weighted by molar-refractivity contribution is -0.113. The molecule has 1 amide bonds. The molecular formula is C22H18F2N6O4S. The van der Waals surface area contributed by atoms with Crippen LogP contribution >= 0.6 is 11.8 Å². The number of hydrogen-bond acceptors (Lipinski definition) is 7. The highest BCUT2D eigenvalue weighted by Crippen LogP contribution is 2.25. The van der Waals surface area contributed by atoms with Gasteiger partial charge >= 0.3 is 5.69 Å². The molecule has 0 unspecified atom stereocenters. The van der Waals surface area contributed by atoms with E-state index < -0.39 is 28.8 Å². The number of carbonyl (C=O) groups is 1. The van der Waals surface area contributed by atoms with Gasteiger partial charge in [0.25, 0.3) is 5.56 Å². The van der Waals surface area contributed by atoms with Gasteiger partial charge in [0, 0.05) is 29.9 Å². The normalized spacial score (nSPS) is 10.8. The molecule has 13 heteroatoms. The minimum absolute atomic E-state index is 0.0751. The third-order valence-electron chi connectivity index (χ3n) is 4.73. The SMILES string of the molecule is COc1ccc(-n2c(Cc3cc(=O)[nH]c(=O)[nH]3)nnc2SCC(=O)Nc2ccc(F)cc2F)cc1. The van der Waals surface area contributed by atoms with Gasteiger partial charge in [0.05, 0.1) is 18.6 Å². The van der Waals surface area contributed by atoms with Crippen molar-refractivity contribution < 1.29 is 18.3 Å². The zero-order valence-corrected chi connectivity index (χ0v) is 19.0. The fraction of sp³-hybridized carbons (Fsp3) is 0.136. The van der Waals surface area contributed by atoms with Gasteiger partial charge in [-0.3, -0.25) is 19.1 Å². The van der Waals surface area contributed by atoms with E-state index in [-0.39, 0.29) is 17.9 Å². The molecule has 0 atom stereocenters. The van der Waals surface area contributed by atoms with Gasteiger partial charge in [0.15, 0.2) is 5.16 Å². The fourth-order valence-electron chi connectivity index (χ4n) is 3.19. The Morgan fingerprint density at radius 1 is 1.09 bits per heavy atom. The minimum atomic E-state index is -0.890. The average Bonchev–Trinajstić information content (AvgIpc) is 3.21. The topological polar surface area (TPSA) is 135 Å². The van der Waals surface area contributed by atoms with E-state index in [9.17, 15) is 23.2 Å². The number of thioether (sulfide) groups is 1. The molecule has 0 bridgehead atoms. The lowest BCUT2D eigenvalue weighted by Gasteiger charge is -2.11. The summed E-state index contributed by atoms with van der Waals surface area (Å²) in [7, 11) is 1.53. The van der Waals surface area contributed by atoms with Gasteiger partial charge in [0.2, 0.25) is 5.91 Å². The second kappa shape index (κ2) is 10.3. The van der Waals surface area contributed by atoms with Crippen molar-refractivity contribution in [2.45, 2.75) is 11.6 Å². The Kier molecular flexibility index (Phi) is 7.06. The first-order valence-electron chi connectivity index (χ1n) is 10.1. The summed E-state index contributed by atoms with van der Waals surface area (Å²) in [5.74, 6) is -1.31. The molecule has 180 valence electrons. The van der Waals surface area contributed by atoms with Crippen LogP contribution in [0.4, 0.5) is 14.5 Å². The molecule has 3 N–H and O–H groups in total. The number of carbonyl (C=O) groups excluding carboxylic acids is 1. The molecular weight excluding hydrogens is 482 g/mol. The smallest absolute Gasteiger partial charge is 0.325 e. The Balaban J connectivity index is 1.59. The van der Waals surface area contributed by atoms with Crippen molar-refractivity contribution in [2.24, 2.45) is 0 Å². The van der Waals surface area contributed by atoms with Crippen molar-refractivity contribution in [3.63, 3.8) is 0 Å². The molecule has 0 spiro atoms. The lowest BCUT2D eigenvalue weighted by Crippen LogP contribution is -2.23. The Hall–Kier alpha value is -4.26. The minimum Gasteiger partial charge on any atom is -0.497 e. The molecule has 10 nitrogen and oxygen atoms in total. The lowest BCUT2D eigenvalue weighted by atomic mass is 10.2. The molecule has 0 aliphatic rings. The van der Waals surface area contributed by atoms with E-state index in [1.165, 1.54) is 13.2 Å². The van der Waals surface area contributed by atoms with Gasteiger partial charge in [-0.05, 0) is 36.4 Å². The maximum absolute atomic E-state index is 13.8. The van der Waals surface area contributed by atoms with Gasteiger partial charge in [-0.15, -0.1) is 10.2 Å². The van der Waals surface area contributed by atoms with Gasteiger partial charge in [-0.2, -0.15) is 0 Å². The molecule has 2 heterocycles. The van der Waals surface area contributed by atoms with Crippen LogP contribution in [0.15, 0.2) is 63.3 Å². The summed E-state index contributed by atoms with van der Waals surface area (Å²) in [6.07, 6.45) is 0.0751. The summed E-state index contributed by atoms with van der Waals surface area (Å²) >= 11 is 1.04. The van der Waals surface area contributed by atoms with Gasteiger partial charge in [0.1, 0.15) is 23.2 Å². The molecule has 35 heavy (non-hydrogen) atoms. The maximum Gasteiger partial charge on any atom is 0.325 e. The van der Waals surface area contributed by atoms with Crippen molar-refractivity contribution in [2.75, 3.05) is 18.2 Å². The fourth-order valence-corrected chi connectivity index (χ4v) is 3.96. The van der Waals surface area contributed by atoms with Crippen LogP contribution in [0.5, 0.6) is 5.75 Å². The average molecular weight is 500 g/mol. The van der Waals surface area contributed by atoms with Crippen LogP contribution in [-0.4, -0.2) is 43.5 Å². The molecule has 4 rings (SSSR count). The first kappa shape index (κ1) is 23.9. The van der Waals surface area contributed by atoms with Crippen molar-refractivity contribution in [3.05, 3.63) is 92.5 Å². The van der Waals surface area contributed by atoms with Crippen LogP contribution in [-0.2, 0) is 11.2 Å². The first-order chi connectivity index (χ1) is 16.8. The largest absolute Gasteiger partial charge is 0.497 e. The number of aromatic nitrogens is 5. The third-order valence-corrected chi connectivity index (χ3v) is 5.66. The van der Waals surface area contributed by atoms with Gasteiger partial charge in [-0.25, -0.2) is 13.6 Å². The number of nitrogens with zero attached hydrogens (tertiary/aromatic N) is 3. The Morgan fingerprint density at radius 3 is 2.54 bits per heavy atom. The summed E-state index contributed by atoms with van der Waals surface area (Å²) < 4.78 is 33.8. The predicted octanol–water partition coefficient (Wildman–Crippen LogP) is 2.25. The van der Waals surface area contributed by atoms with Crippen molar-refractivity contribution >= 4 is 23.4 Å². The number of halogens is 2. The Morgan fingerprint density at radius 2 is 1.86 bits per heavy atom. The number of benzene rings is 2. The molecule has 0 aliphatic heterocycles. The number of amides is 1. The summed E-state index contributed by atoms with van der Waals surface area (Å²) in [4.78, 5) is 40.3. The van der Waals surface area contributed by atoms with Crippen LogP contribution in [0.3, 0.4) is 0 Å². The second-order valence-electron chi connectivity index (χ2n) is 7.18. The van der Waals surface area contributed by atoms with E-state index in [0.29, 0.717) is 34.2 Å². The molecule has 0 saturated carbocycles. The molecule has 2 aromatic carbocycles. The van der Waals surface area contributed by atoms with E-state index in [4.69, 9.17) is 4.74 Å². The Labute approximate surface area is 200 Å². The molecule has 2 aromatic heterocycles. The van der Waals surface area contributed by atoms with Crippen molar-refractivity contribution in [1.29, 1.82) is 0 Å². The number of methoxy groups -OCH3 is 1. The molecule has 0 fully saturated rings. The van der Waals surface area contributed by atoms with Crippen LogP contribution in [0.2, 0.25) is 0 Å². The number of aromatic amines is 2. The van der Waals surface area contributed by atoms with Crippen LogP contribution in [0, 0.1) is 11.6 Å². The van der Waals surface area contributed by atoms with E-state index in [0.717, 1.165) is 23.9 Å². The maximum atomic E-state index is 13.8. The summed E-state index contributed by atoms with van der Waals surface area (Å²) in [5, 5.41) is 11.0. The van der Waals surface area contributed by atoms with Crippen molar-refractivity contribution in [3.8, 4) is 11.4 Å². The Bertz CT molecular complexity index is 1450. The van der Waals surface area contributed by atoms with Crippen LogP contribution in [0.1, 0.15) is 11.5 Å². The molecule has 0 saturated heterocycles. The van der Waals surface area contributed by atoms with Crippen molar-refractivity contribution in [1.82, 2.24) is 24.7 Å².